The molecule has 88 valence electrons. The Hall–Kier alpha value is -0.600. The molecule has 0 radical (unpaired) electrons. The first-order valence-corrected chi connectivity index (χ1v) is 8.53. The molecule has 0 atom stereocenters. The van der Waals surface area contributed by atoms with E-state index in [1.54, 1.807) is 4.08 Å². The van der Waals surface area contributed by atoms with Gasteiger partial charge >= 0.3 is 31.3 Å². The van der Waals surface area contributed by atoms with Gasteiger partial charge in [0.2, 0.25) is 4.08 Å². The summed E-state index contributed by atoms with van der Waals surface area (Å²) >= 11 is -0.486. The number of hydrogen-bond donors (Lipinski definition) is 1. The molecule has 0 fully saturated rings. The summed E-state index contributed by atoms with van der Waals surface area (Å²) in [5, 5.41) is 8.93. The van der Waals surface area contributed by atoms with Gasteiger partial charge in [-0.2, -0.15) is 8.42 Å². The Balaban J connectivity index is 2.68. The van der Waals surface area contributed by atoms with Crippen LogP contribution < -0.4 is 21.2 Å². The fraction of sp³-hybridized carbons (Fsp3) is 0.200. The molecule has 0 aliphatic heterocycles. The van der Waals surface area contributed by atoms with Crippen molar-refractivity contribution >= 4 is 10.1 Å². The highest BCUT2D eigenvalue weighted by Crippen LogP contribution is 1.97. The van der Waals surface area contributed by atoms with E-state index in [-0.39, 0.29) is 5.76 Å². The van der Waals surface area contributed by atoms with Gasteiger partial charge in [0.25, 0.3) is 0 Å². The van der Waals surface area contributed by atoms with E-state index in [0.29, 0.717) is 0 Å². The number of aliphatic hydroxyl groups excluding tert-OH is 1. The molecule has 4 nitrogen and oxygen atoms in total. The number of aliphatic hydroxyl groups is 1. The van der Waals surface area contributed by atoms with E-state index in [2.05, 4.69) is 4.18 Å². The predicted molar refractivity (Wildman–Crippen MR) is 56.2 cm³/mol. The molecular weight excluding hydrogens is 343 g/mol. The Bertz CT molecular complexity index is 453. The first-order chi connectivity index (χ1) is 7.51. The Morgan fingerprint density at radius 3 is 2.56 bits per heavy atom. The van der Waals surface area contributed by atoms with Crippen LogP contribution in [-0.2, 0) is 14.3 Å². The van der Waals surface area contributed by atoms with E-state index in [1.807, 2.05) is 30.3 Å². The van der Waals surface area contributed by atoms with Crippen LogP contribution in [0.15, 0.2) is 40.2 Å². The highest BCUT2D eigenvalue weighted by molar-refractivity contribution is 7.86. The Morgan fingerprint density at radius 1 is 1.44 bits per heavy atom. The maximum atomic E-state index is 10.8. The zero-order chi connectivity index (χ0) is 12.0. The SMILES string of the molecule is CS(=O)(=O)O/C(=C/[I+]c1ccccc1)CO. The Kier molecular flexibility index (Phi) is 5.23. The lowest BCUT2D eigenvalue weighted by molar-refractivity contribution is -0.558. The van der Waals surface area contributed by atoms with Crippen LogP contribution in [0.25, 0.3) is 0 Å². The van der Waals surface area contributed by atoms with Crippen molar-refractivity contribution in [2.24, 2.45) is 0 Å². The van der Waals surface area contributed by atoms with Crippen molar-refractivity contribution < 1.29 is 38.9 Å². The van der Waals surface area contributed by atoms with Crippen molar-refractivity contribution in [2.45, 2.75) is 0 Å². The van der Waals surface area contributed by atoms with E-state index in [0.717, 1.165) is 9.83 Å². The van der Waals surface area contributed by atoms with Gasteiger partial charge in [0, 0.05) is 0 Å². The lowest BCUT2D eigenvalue weighted by atomic mass is 10.4. The maximum absolute atomic E-state index is 10.8. The second-order valence-electron chi connectivity index (χ2n) is 2.93. The van der Waals surface area contributed by atoms with Crippen LogP contribution in [0.1, 0.15) is 0 Å². The highest BCUT2D eigenvalue weighted by Gasteiger charge is 2.14. The number of hydrogen-bond acceptors (Lipinski definition) is 4. The number of benzene rings is 1. The van der Waals surface area contributed by atoms with Crippen LogP contribution >= 0.6 is 0 Å². The lowest BCUT2D eigenvalue weighted by Crippen LogP contribution is -3.59. The third-order valence-corrected chi connectivity index (χ3v) is 4.41. The topological polar surface area (TPSA) is 63.6 Å². The van der Waals surface area contributed by atoms with Gasteiger partial charge in [-0.3, -0.25) is 0 Å². The van der Waals surface area contributed by atoms with E-state index < -0.39 is 37.9 Å². The van der Waals surface area contributed by atoms with Crippen LogP contribution in [0.3, 0.4) is 0 Å². The van der Waals surface area contributed by atoms with E-state index in [4.69, 9.17) is 5.11 Å². The average molecular weight is 355 g/mol. The minimum Gasteiger partial charge on any atom is -0.388 e. The first kappa shape index (κ1) is 13.5. The van der Waals surface area contributed by atoms with Crippen molar-refractivity contribution in [3.63, 3.8) is 0 Å². The number of rotatable bonds is 5. The summed E-state index contributed by atoms with van der Waals surface area (Å²) < 4.78 is 29.1. The molecule has 0 aliphatic rings. The fourth-order valence-corrected chi connectivity index (χ4v) is 3.41. The van der Waals surface area contributed by atoms with Gasteiger partial charge in [-0.25, -0.2) is 0 Å². The quantitative estimate of drug-likeness (QED) is 0.369. The summed E-state index contributed by atoms with van der Waals surface area (Å²) in [5.41, 5.74) is 0. The summed E-state index contributed by atoms with van der Waals surface area (Å²) in [6.45, 7) is -0.403. The molecule has 16 heavy (non-hydrogen) atoms. The summed E-state index contributed by atoms with van der Waals surface area (Å²) in [6.07, 6.45) is 0.956. The maximum Gasteiger partial charge on any atom is 0.353 e. The summed E-state index contributed by atoms with van der Waals surface area (Å²) in [5.74, 6) is 0.0964. The van der Waals surface area contributed by atoms with Crippen LogP contribution in [0.2, 0.25) is 0 Å². The molecular formula is C10H12IO4S+. The minimum atomic E-state index is -3.55. The molecule has 0 saturated carbocycles. The lowest BCUT2D eigenvalue weighted by Gasteiger charge is -2.00. The molecule has 0 heterocycles. The average Bonchev–Trinajstić information content (AvgIpc) is 2.24. The van der Waals surface area contributed by atoms with Crippen LogP contribution in [0.4, 0.5) is 0 Å². The zero-order valence-corrected chi connectivity index (χ0v) is 11.6. The monoisotopic (exact) mass is 355 g/mol. The van der Waals surface area contributed by atoms with E-state index in [9.17, 15) is 8.42 Å². The van der Waals surface area contributed by atoms with E-state index in [1.165, 1.54) is 0 Å². The fourth-order valence-electron chi connectivity index (χ4n) is 0.885. The number of halogens is 1. The smallest absolute Gasteiger partial charge is 0.353 e. The first-order valence-electron chi connectivity index (χ1n) is 4.39. The van der Waals surface area contributed by atoms with Crippen LogP contribution in [0, 0.1) is 3.57 Å². The van der Waals surface area contributed by atoms with Crippen molar-refractivity contribution in [2.75, 3.05) is 12.9 Å². The van der Waals surface area contributed by atoms with Gasteiger partial charge < -0.3 is 9.29 Å². The second-order valence-corrected chi connectivity index (χ2v) is 6.99. The van der Waals surface area contributed by atoms with Crippen molar-refractivity contribution in [1.82, 2.24) is 0 Å². The highest BCUT2D eigenvalue weighted by atomic mass is 127. The van der Waals surface area contributed by atoms with Gasteiger partial charge in [-0.05, 0) is 12.1 Å². The molecule has 0 aromatic heterocycles. The van der Waals surface area contributed by atoms with Crippen molar-refractivity contribution in [3.05, 3.63) is 43.7 Å². The van der Waals surface area contributed by atoms with Crippen LogP contribution in [-0.4, -0.2) is 26.4 Å². The van der Waals surface area contributed by atoms with Gasteiger partial charge in [-0.1, -0.05) is 18.2 Å². The third kappa shape index (κ3) is 5.47. The normalized spacial score (nSPS) is 12.5. The molecule has 6 heteroatoms. The van der Waals surface area contributed by atoms with Gasteiger partial charge in [0.15, 0.2) is 9.33 Å². The predicted octanol–water partition coefficient (Wildman–Crippen LogP) is -2.24. The molecule has 1 rings (SSSR count). The van der Waals surface area contributed by atoms with Crippen molar-refractivity contribution in [3.8, 4) is 0 Å². The molecule has 0 saturated heterocycles. The molecule has 0 unspecified atom stereocenters. The molecule has 0 aliphatic carbocycles. The zero-order valence-electron chi connectivity index (χ0n) is 8.63. The van der Waals surface area contributed by atoms with Crippen molar-refractivity contribution in [1.29, 1.82) is 0 Å². The minimum absolute atomic E-state index is 0.0964. The van der Waals surface area contributed by atoms with Gasteiger partial charge in [0.05, 0.1) is 6.26 Å². The Labute approximate surface area is 105 Å². The second kappa shape index (κ2) is 6.21. The third-order valence-electron chi connectivity index (χ3n) is 1.45. The molecule has 0 spiro atoms. The molecule has 0 amide bonds. The summed E-state index contributed by atoms with van der Waals surface area (Å²) in [6, 6.07) is 9.66. The van der Waals surface area contributed by atoms with Gasteiger partial charge in [-0.15, -0.1) is 0 Å². The summed E-state index contributed by atoms with van der Waals surface area (Å²) in [7, 11) is -3.55. The molecule has 0 bridgehead atoms. The van der Waals surface area contributed by atoms with Gasteiger partial charge in [0.1, 0.15) is 6.61 Å². The summed E-state index contributed by atoms with van der Waals surface area (Å²) in [4.78, 5) is 0. The molecule has 1 aromatic rings. The Morgan fingerprint density at radius 2 is 2.06 bits per heavy atom. The molecule has 1 N–H and O–H groups in total. The van der Waals surface area contributed by atoms with Crippen LogP contribution in [0.5, 0.6) is 0 Å². The standard InChI is InChI=1S/C10H12IO4S/c1-16(13,14)15-10(8-12)7-11-9-5-3-2-4-6-9/h2-7,12H,8H2,1H3/q+1/b10-7+. The largest absolute Gasteiger partial charge is 0.388 e. The van der Waals surface area contributed by atoms with E-state index >= 15 is 0 Å². The molecule has 1 aromatic carbocycles.